The summed E-state index contributed by atoms with van der Waals surface area (Å²) in [6.07, 6.45) is 1.25. The smallest absolute Gasteiger partial charge is 0.0173 e. The molecule has 1 nitrogen and oxygen atoms in total. The molecule has 0 amide bonds. The maximum atomic E-state index is 3.09. The van der Waals surface area contributed by atoms with Gasteiger partial charge in [-0.3, -0.25) is 4.72 Å². The van der Waals surface area contributed by atoms with Gasteiger partial charge in [-0.15, -0.1) is 11.8 Å². The maximum Gasteiger partial charge on any atom is 0.0173 e. The van der Waals surface area contributed by atoms with Crippen molar-refractivity contribution in [2.75, 3.05) is 18.6 Å². The molecule has 0 aliphatic carbocycles. The number of hydrogen-bond donors (Lipinski definition) is 1. The molecule has 0 atom stereocenters. The first-order chi connectivity index (χ1) is 9.56. The molecule has 0 radical (unpaired) electrons. The average Bonchev–Trinajstić information content (AvgIpc) is 2.43. The summed E-state index contributed by atoms with van der Waals surface area (Å²) in [5, 5.41) is 0. The number of hydrogen-bond acceptors (Lipinski definition) is 3. The molecule has 0 aromatic heterocycles. The topological polar surface area (TPSA) is 12.0 Å². The van der Waals surface area contributed by atoms with Crippen molar-refractivity contribution in [2.24, 2.45) is 0 Å². The lowest BCUT2D eigenvalue weighted by Gasteiger charge is -2.09. The van der Waals surface area contributed by atoms with Crippen LogP contribution in [0.25, 0.3) is 0 Å². The van der Waals surface area contributed by atoms with Crippen molar-refractivity contribution in [3.05, 3.63) is 28.8 Å². The van der Waals surface area contributed by atoms with Crippen molar-refractivity contribution in [3.63, 3.8) is 0 Å². The molecule has 0 fully saturated rings. The Kier molecular flexibility index (Phi) is 16.9. The summed E-state index contributed by atoms with van der Waals surface area (Å²) in [7, 11) is 1.97. The van der Waals surface area contributed by atoms with Gasteiger partial charge in [-0.2, -0.15) is 0 Å². The Hall–Kier alpha value is -0.120. The van der Waals surface area contributed by atoms with Crippen LogP contribution in [0.1, 0.15) is 50.8 Å². The number of thioether (sulfide) groups is 1. The van der Waals surface area contributed by atoms with Gasteiger partial charge in [0.15, 0.2) is 0 Å². The second-order valence-electron chi connectivity index (χ2n) is 4.31. The Morgan fingerprint density at radius 1 is 0.900 bits per heavy atom. The molecule has 0 aliphatic rings. The van der Waals surface area contributed by atoms with Gasteiger partial charge in [0, 0.05) is 16.4 Å². The summed E-state index contributed by atoms with van der Waals surface area (Å²) in [5.41, 5.74) is 4.18. The zero-order chi connectivity index (χ0) is 16.0. The minimum absolute atomic E-state index is 1.15. The van der Waals surface area contributed by atoms with Gasteiger partial charge in [-0.25, -0.2) is 0 Å². The molecule has 1 rings (SSSR count). The predicted octanol–water partition coefficient (Wildman–Crippen LogP) is 6.01. The van der Waals surface area contributed by atoms with E-state index in [0.29, 0.717) is 0 Å². The van der Waals surface area contributed by atoms with Crippen molar-refractivity contribution in [1.29, 1.82) is 0 Å². The third-order valence-corrected chi connectivity index (χ3v) is 4.49. The van der Waals surface area contributed by atoms with Crippen LogP contribution in [0.2, 0.25) is 0 Å². The highest BCUT2D eigenvalue weighted by Crippen LogP contribution is 2.25. The van der Waals surface area contributed by atoms with Crippen LogP contribution >= 0.6 is 23.7 Å². The summed E-state index contributed by atoms with van der Waals surface area (Å²) in [5.74, 6) is 2.31. The van der Waals surface area contributed by atoms with E-state index < -0.39 is 0 Å². The summed E-state index contributed by atoms with van der Waals surface area (Å²) in [6, 6.07) is 4.59. The van der Waals surface area contributed by atoms with Crippen molar-refractivity contribution >= 4 is 23.7 Å². The Bertz CT molecular complexity index is 338. The molecule has 0 bridgehead atoms. The third-order valence-electron chi connectivity index (χ3n) is 2.38. The van der Waals surface area contributed by atoms with Gasteiger partial charge in [0.2, 0.25) is 0 Å². The molecular weight excluding hydrogens is 282 g/mol. The SMILES string of the molecule is CC.CCC.CNSCCSc1cc(C)c(C)cc1C. The van der Waals surface area contributed by atoms with E-state index in [0.717, 1.165) is 11.5 Å². The van der Waals surface area contributed by atoms with Crippen LogP contribution in [0.5, 0.6) is 0 Å². The summed E-state index contributed by atoms with van der Waals surface area (Å²) in [4.78, 5) is 1.43. The third kappa shape index (κ3) is 10.6. The largest absolute Gasteiger partial charge is 0.267 e. The van der Waals surface area contributed by atoms with Crippen molar-refractivity contribution in [1.82, 2.24) is 4.72 Å². The maximum absolute atomic E-state index is 3.09. The molecule has 1 N–H and O–H groups in total. The normalized spacial score (nSPS) is 9.20. The van der Waals surface area contributed by atoms with E-state index in [2.05, 4.69) is 51.5 Å². The Labute approximate surface area is 135 Å². The molecule has 0 heterocycles. The number of benzene rings is 1. The Morgan fingerprint density at radius 2 is 1.40 bits per heavy atom. The molecular formula is C17H33NS2. The van der Waals surface area contributed by atoms with Crippen molar-refractivity contribution in [3.8, 4) is 0 Å². The molecule has 0 spiro atoms. The van der Waals surface area contributed by atoms with E-state index in [4.69, 9.17) is 0 Å². The summed E-state index contributed by atoms with van der Waals surface area (Å²) < 4.78 is 3.09. The molecule has 0 saturated carbocycles. The highest BCUT2D eigenvalue weighted by molar-refractivity contribution is 8.02. The van der Waals surface area contributed by atoms with Crippen LogP contribution in [0.4, 0.5) is 0 Å². The first kappa shape index (κ1) is 22.2. The molecule has 3 heteroatoms. The minimum atomic E-state index is 1.15. The quantitative estimate of drug-likeness (QED) is 0.406. The molecule has 0 aliphatic heterocycles. The monoisotopic (exact) mass is 315 g/mol. The van der Waals surface area contributed by atoms with Crippen LogP contribution in [0, 0.1) is 20.8 Å². The second kappa shape index (κ2) is 15.3. The summed E-state index contributed by atoms with van der Waals surface area (Å²) >= 11 is 3.72. The molecule has 1 aromatic carbocycles. The summed E-state index contributed by atoms with van der Waals surface area (Å²) in [6.45, 7) is 14.8. The van der Waals surface area contributed by atoms with E-state index in [9.17, 15) is 0 Å². The van der Waals surface area contributed by atoms with Crippen LogP contribution in [-0.4, -0.2) is 18.6 Å². The molecule has 0 saturated heterocycles. The zero-order valence-electron chi connectivity index (χ0n) is 14.6. The molecule has 118 valence electrons. The predicted molar refractivity (Wildman–Crippen MR) is 100 cm³/mol. The Morgan fingerprint density at radius 3 is 1.90 bits per heavy atom. The van der Waals surface area contributed by atoms with Gasteiger partial charge < -0.3 is 0 Å². The average molecular weight is 316 g/mol. The van der Waals surface area contributed by atoms with Crippen molar-refractivity contribution in [2.45, 2.75) is 59.8 Å². The van der Waals surface area contributed by atoms with Crippen molar-refractivity contribution < 1.29 is 0 Å². The molecule has 0 unspecified atom stereocenters. The molecule has 1 aromatic rings. The first-order valence-electron chi connectivity index (χ1n) is 7.55. The fraction of sp³-hybridized carbons (Fsp3) is 0.647. The fourth-order valence-electron chi connectivity index (χ4n) is 1.38. The zero-order valence-corrected chi connectivity index (χ0v) is 16.2. The van der Waals surface area contributed by atoms with Crippen LogP contribution < -0.4 is 4.72 Å². The van der Waals surface area contributed by atoms with Gasteiger partial charge in [-0.05, 0) is 50.6 Å². The van der Waals surface area contributed by atoms with E-state index in [-0.39, 0.29) is 0 Å². The lowest BCUT2D eigenvalue weighted by molar-refractivity contribution is 1.09. The number of aryl methyl sites for hydroxylation is 3. The lowest BCUT2D eigenvalue weighted by Crippen LogP contribution is -1.96. The van der Waals surface area contributed by atoms with Gasteiger partial charge in [-0.1, -0.05) is 52.1 Å². The Balaban J connectivity index is 0. The molecule has 20 heavy (non-hydrogen) atoms. The van der Waals surface area contributed by atoms with Gasteiger partial charge in [0.05, 0.1) is 0 Å². The second-order valence-corrected chi connectivity index (χ2v) is 6.55. The van der Waals surface area contributed by atoms with Crippen LogP contribution in [-0.2, 0) is 0 Å². The highest BCUT2D eigenvalue weighted by atomic mass is 32.2. The van der Waals surface area contributed by atoms with Gasteiger partial charge in [0.25, 0.3) is 0 Å². The van der Waals surface area contributed by atoms with Crippen LogP contribution in [0.3, 0.4) is 0 Å². The van der Waals surface area contributed by atoms with Crippen LogP contribution in [0.15, 0.2) is 17.0 Å². The first-order valence-corrected chi connectivity index (χ1v) is 9.53. The fourth-order valence-corrected chi connectivity index (χ4v) is 3.02. The standard InChI is InChI=1S/C12H19NS2.C3H8.C2H6/c1-9-7-11(3)12(8-10(9)2)14-5-6-15-13-4;1-3-2;1-2/h7-8,13H,5-6H2,1-4H3;3H2,1-2H3;1-2H3. The van der Waals surface area contributed by atoms with E-state index >= 15 is 0 Å². The van der Waals surface area contributed by atoms with Gasteiger partial charge in [0.1, 0.15) is 0 Å². The highest BCUT2D eigenvalue weighted by Gasteiger charge is 2.02. The van der Waals surface area contributed by atoms with E-state index in [1.807, 2.05) is 32.7 Å². The van der Waals surface area contributed by atoms with E-state index in [1.54, 1.807) is 11.9 Å². The lowest BCUT2D eigenvalue weighted by atomic mass is 10.1. The van der Waals surface area contributed by atoms with E-state index in [1.165, 1.54) is 28.0 Å². The van der Waals surface area contributed by atoms with Gasteiger partial charge >= 0.3 is 0 Å². The number of nitrogens with one attached hydrogen (secondary N) is 1. The minimum Gasteiger partial charge on any atom is -0.267 e. The number of rotatable bonds is 5.